The summed E-state index contributed by atoms with van der Waals surface area (Å²) in [5.41, 5.74) is 0. The van der Waals surface area contributed by atoms with Gasteiger partial charge in [0.25, 0.3) is 0 Å². The second-order valence-electron chi connectivity index (χ2n) is 3.72. The number of pyridine rings is 1. The van der Waals surface area contributed by atoms with Crippen LogP contribution in [-0.4, -0.2) is 16.7 Å². The van der Waals surface area contributed by atoms with Crippen molar-refractivity contribution in [3.8, 4) is 11.5 Å². The zero-order valence-corrected chi connectivity index (χ0v) is 11.0. The van der Waals surface area contributed by atoms with Crippen LogP contribution in [0.3, 0.4) is 0 Å². The van der Waals surface area contributed by atoms with Crippen LogP contribution in [0.4, 0.5) is 0 Å². The summed E-state index contributed by atoms with van der Waals surface area (Å²) < 4.78 is 5.63. The molecule has 0 aliphatic heterocycles. The molecule has 1 heterocycles. The van der Waals surface area contributed by atoms with Crippen LogP contribution in [0.1, 0.15) is 13.3 Å². The van der Waals surface area contributed by atoms with E-state index in [1.807, 2.05) is 24.3 Å². The molecule has 0 aliphatic rings. The van der Waals surface area contributed by atoms with Crippen molar-refractivity contribution in [2.24, 2.45) is 0 Å². The first kappa shape index (κ1) is 12.8. The molecule has 0 aliphatic carbocycles. The van der Waals surface area contributed by atoms with Gasteiger partial charge in [0.2, 0.25) is 0 Å². The van der Waals surface area contributed by atoms with E-state index in [1.54, 1.807) is 18.3 Å². The molecule has 0 fully saturated rings. The third-order valence-electron chi connectivity index (χ3n) is 2.27. The molecule has 0 bridgehead atoms. The van der Waals surface area contributed by atoms with Crippen molar-refractivity contribution in [1.82, 2.24) is 4.98 Å². The highest BCUT2D eigenvalue weighted by molar-refractivity contribution is 7.99. The van der Waals surface area contributed by atoms with Gasteiger partial charge in [0.15, 0.2) is 5.75 Å². The lowest BCUT2D eigenvalue weighted by atomic mass is 10.3. The Morgan fingerprint density at radius 1 is 1.22 bits per heavy atom. The Bertz CT molecular complexity index is 517. The van der Waals surface area contributed by atoms with Crippen molar-refractivity contribution in [3.63, 3.8) is 0 Å². The number of ether oxygens (including phenoxy) is 1. The normalized spacial score (nSPS) is 10.3. The van der Waals surface area contributed by atoms with Gasteiger partial charge in [-0.2, -0.15) is 0 Å². The average molecular weight is 261 g/mol. The predicted molar refractivity (Wildman–Crippen MR) is 72.3 cm³/mol. The smallest absolute Gasteiger partial charge is 0.151 e. The van der Waals surface area contributed by atoms with Gasteiger partial charge in [-0.3, -0.25) is 0 Å². The molecule has 94 valence electrons. The van der Waals surface area contributed by atoms with Gasteiger partial charge >= 0.3 is 0 Å². The fraction of sp³-hybridized carbons (Fsp3) is 0.214. The van der Waals surface area contributed by atoms with Crippen LogP contribution in [0.2, 0.25) is 0 Å². The van der Waals surface area contributed by atoms with Gasteiger partial charge < -0.3 is 9.84 Å². The Hall–Kier alpha value is -1.68. The van der Waals surface area contributed by atoms with Crippen LogP contribution in [0.25, 0.3) is 0 Å². The minimum Gasteiger partial charge on any atom is -0.507 e. The summed E-state index contributed by atoms with van der Waals surface area (Å²) >= 11 is 1.41. The standard InChI is InChI=1S/C14H15NO2S/c1-2-10-17-12-7-5-9-15-14(12)18-13-8-4-3-6-11(13)16/h3-9,16H,2,10H2,1H3. The van der Waals surface area contributed by atoms with Crippen LogP contribution in [-0.2, 0) is 0 Å². The first-order valence-electron chi connectivity index (χ1n) is 5.85. The lowest BCUT2D eigenvalue weighted by Gasteiger charge is -2.09. The summed E-state index contributed by atoms with van der Waals surface area (Å²) in [6.07, 6.45) is 2.68. The van der Waals surface area contributed by atoms with Crippen LogP contribution in [0.15, 0.2) is 52.5 Å². The van der Waals surface area contributed by atoms with E-state index >= 15 is 0 Å². The van der Waals surface area contributed by atoms with Crippen LogP contribution in [0, 0.1) is 0 Å². The molecule has 0 atom stereocenters. The highest BCUT2D eigenvalue weighted by Gasteiger charge is 2.09. The number of aromatic nitrogens is 1. The summed E-state index contributed by atoms with van der Waals surface area (Å²) in [4.78, 5) is 5.07. The predicted octanol–water partition coefficient (Wildman–Crippen LogP) is 3.73. The number of rotatable bonds is 5. The Labute approximate surface area is 111 Å². The molecule has 0 radical (unpaired) electrons. The van der Waals surface area contributed by atoms with Crippen molar-refractivity contribution in [1.29, 1.82) is 0 Å². The van der Waals surface area contributed by atoms with Gasteiger partial charge in [-0.05, 0) is 30.7 Å². The molecule has 0 saturated carbocycles. The van der Waals surface area contributed by atoms with Gasteiger partial charge in [0.05, 0.1) is 11.5 Å². The molecule has 0 unspecified atom stereocenters. The van der Waals surface area contributed by atoms with Gasteiger partial charge in [-0.25, -0.2) is 4.98 Å². The van der Waals surface area contributed by atoms with Crippen molar-refractivity contribution in [2.45, 2.75) is 23.3 Å². The van der Waals surface area contributed by atoms with E-state index in [2.05, 4.69) is 11.9 Å². The molecule has 2 rings (SSSR count). The maximum absolute atomic E-state index is 9.75. The van der Waals surface area contributed by atoms with E-state index in [-0.39, 0.29) is 5.75 Å². The first-order valence-corrected chi connectivity index (χ1v) is 6.66. The van der Waals surface area contributed by atoms with E-state index in [1.165, 1.54) is 11.8 Å². The van der Waals surface area contributed by atoms with Gasteiger partial charge in [0, 0.05) is 6.20 Å². The molecule has 4 heteroatoms. The zero-order chi connectivity index (χ0) is 12.8. The summed E-state index contributed by atoms with van der Waals surface area (Å²) in [6.45, 7) is 2.73. The van der Waals surface area contributed by atoms with Crippen LogP contribution in [0.5, 0.6) is 11.5 Å². The highest BCUT2D eigenvalue weighted by Crippen LogP contribution is 2.37. The van der Waals surface area contributed by atoms with E-state index in [0.29, 0.717) is 6.61 Å². The lowest BCUT2D eigenvalue weighted by molar-refractivity contribution is 0.307. The Kier molecular flexibility index (Phi) is 4.47. The number of phenols is 1. The van der Waals surface area contributed by atoms with Gasteiger partial charge in [-0.15, -0.1) is 0 Å². The Morgan fingerprint density at radius 3 is 2.83 bits per heavy atom. The van der Waals surface area contributed by atoms with E-state index in [0.717, 1.165) is 22.1 Å². The molecule has 3 nitrogen and oxygen atoms in total. The van der Waals surface area contributed by atoms with E-state index < -0.39 is 0 Å². The number of nitrogens with zero attached hydrogens (tertiary/aromatic N) is 1. The number of para-hydroxylation sites is 1. The summed E-state index contributed by atoms with van der Waals surface area (Å²) in [7, 11) is 0. The molecule has 0 spiro atoms. The molecule has 0 amide bonds. The second kappa shape index (κ2) is 6.31. The lowest BCUT2D eigenvalue weighted by Crippen LogP contribution is -1.97. The minimum atomic E-state index is 0.259. The topological polar surface area (TPSA) is 42.4 Å². The average Bonchev–Trinajstić information content (AvgIpc) is 2.40. The number of hydrogen-bond acceptors (Lipinski definition) is 4. The Balaban J connectivity index is 2.21. The molecule has 18 heavy (non-hydrogen) atoms. The highest BCUT2D eigenvalue weighted by atomic mass is 32.2. The van der Waals surface area contributed by atoms with Gasteiger partial charge in [0.1, 0.15) is 10.8 Å². The molecular weight excluding hydrogens is 246 g/mol. The number of hydrogen-bond donors (Lipinski definition) is 1. The molecule has 1 aromatic carbocycles. The maximum atomic E-state index is 9.75. The van der Waals surface area contributed by atoms with E-state index in [4.69, 9.17) is 4.74 Å². The number of aromatic hydroxyl groups is 1. The van der Waals surface area contributed by atoms with Crippen LogP contribution >= 0.6 is 11.8 Å². The largest absolute Gasteiger partial charge is 0.507 e. The fourth-order valence-corrected chi connectivity index (χ4v) is 2.29. The fourth-order valence-electron chi connectivity index (χ4n) is 1.42. The number of phenolic OH excluding ortho intramolecular Hbond substituents is 1. The molecule has 1 aromatic heterocycles. The van der Waals surface area contributed by atoms with Crippen LogP contribution < -0.4 is 4.74 Å². The second-order valence-corrected chi connectivity index (χ2v) is 4.76. The molecule has 0 saturated heterocycles. The maximum Gasteiger partial charge on any atom is 0.151 e. The molecular formula is C14H15NO2S. The van der Waals surface area contributed by atoms with Gasteiger partial charge in [-0.1, -0.05) is 30.8 Å². The minimum absolute atomic E-state index is 0.259. The summed E-state index contributed by atoms with van der Waals surface area (Å²) in [5, 5.41) is 10.5. The van der Waals surface area contributed by atoms with E-state index in [9.17, 15) is 5.11 Å². The first-order chi connectivity index (χ1) is 8.81. The van der Waals surface area contributed by atoms with Crippen molar-refractivity contribution >= 4 is 11.8 Å². The Morgan fingerprint density at radius 2 is 2.06 bits per heavy atom. The SMILES string of the molecule is CCCOc1cccnc1Sc1ccccc1O. The quantitative estimate of drug-likeness (QED) is 0.890. The summed E-state index contributed by atoms with van der Waals surface area (Å²) in [6, 6.07) is 10.9. The summed E-state index contributed by atoms with van der Waals surface area (Å²) in [5.74, 6) is 1.02. The third-order valence-corrected chi connectivity index (χ3v) is 3.33. The third kappa shape index (κ3) is 3.17. The monoisotopic (exact) mass is 261 g/mol. The van der Waals surface area contributed by atoms with Crippen molar-refractivity contribution in [2.75, 3.05) is 6.61 Å². The molecule has 2 aromatic rings. The molecule has 1 N–H and O–H groups in total. The zero-order valence-electron chi connectivity index (χ0n) is 10.2. The van der Waals surface area contributed by atoms with Crippen molar-refractivity contribution < 1.29 is 9.84 Å². The van der Waals surface area contributed by atoms with Crippen molar-refractivity contribution in [3.05, 3.63) is 42.6 Å². The number of benzene rings is 1.